The van der Waals surface area contributed by atoms with Gasteiger partial charge in [0, 0.05) is 18.2 Å². The number of benzene rings is 1. The highest BCUT2D eigenvalue weighted by Gasteiger charge is 2.30. The minimum Gasteiger partial charge on any atom is -0.352 e. The zero-order valence-corrected chi connectivity index (χ0v) is 11.0. The second-order valence-corrected chi connectivity index (χ2v) is 4.92. The van der Waals surface area contributed by atoms with Gasteiger partial charge in [-0.05, 0) is 44.0 Å². The summed E-state index contributed by atoms with van der Waals surface area (Å²) in [6, 6.07) is 4.87. The van der Waals surface area contributed by atoms with Crippen molar-refractivity contribution >= 4 is 5.91 Å². The lowest BCUT2D eigenvalue weighted by Gasteiger charge is -2.12. The predicted octanol–water partition coefficient (Wildman–Crippen LogP) is 2.58. The van der Waals surface area contributed by atoms with Gasteiger partial charge in [-0.2, -0.15) is 13.2 Å². The van der Waals surface area contributed by atoms with Crippen LogP contribution < -0.4 is 10.6 Å². The lowest BCUT2D eigenvalue weighted by Crippen LogP contribution is -2.30. The van der Waals surface area contributed by atoms with E-state index >= 15 is 0 Å². The van der Waals surface area contributed by atoms with Gasteiger partial charge in [0.25, 0.3) is 5.91 Å². The topological polar surface area (TPSA) is 41.1 Å². The third kappa shape index (κ3) is 3.96. The van der Waals surface area contributed by atoms with Crippen LogP contribution in [0.3, 0.4) is 0 Å². The molecule has 1 aromatic carbocycles. The van der Waals surface area contributed by atoms with E-state index in [1.165, 1.54) is 12.1 Å². The Bertz CT molecular complexity index is 468. The Labute approximate surface area is 115 Å². The molecule has 0 spiro atoms. The third-order valence-corrected chi connectivity index (χ3v) is 3.39. The van der Waals surface area contributed by atoms with E-state index in [0.29, 0.717) is 12.6 Å². The molecular weight excluding hydrogens is 269 g/mol. The number of rotatable bonds is 4. The zero-order chi connectivity index (χ0) is 14.6. The maximum Gasteiger partial charge on any atom is 0.416 e. The normalized spacial score (nSPS) is 19.1. The van der Waals surface area contributed by atoms with Gasteiger partial charge in [0.2, 0.25) is 0 Å². The Hall–Kier alpha value is -1.56. The molecule has 6 heteroatoms. The van der Waals surface area contributed by atoms with Crippen molar-refractivity contribution in [1.82, 2.24) is 10.6 Å². The Kier molecular flexibility index (Phi) is 4.65. The summed E-state index contributed by atoms with van der Waals surface area (Å²) in [5.41, 5.74) is -0.762. The van der Waals surface area contributed by atoms with E-state index < -0.39 is 17.6 Å². The molecule has 3 nitrogen and oxygen atoms in total. The Morgan fingerprint density at radius 2 is 2.20 bits per heavy atom. The van der Waals surface area contributed by atoms with Crippen LogP contribution in [0.5, 0.6) is 0 Å². The second kappa shape index (κ2) is 6.26. The average Bonchev–Trinajstić information content (AvgIpc) is 2.91. The van der Waals surface area contributed by atoms with E-state index in [2.05, 4.69) is 10.6 Å². The molecule has 0 bridgehead atoms. The van der Waals surface area contributed by atoms with Gasteiger partial charge in [0.05, 0.1) is 5.56 Å². The predicted molar refractivity (Wildman–Crippen MR) is 69.4 cm³/mol. The molecule has 2 N–H and O–H groups in total. The van der Waals surface area contributed by atoms with Crippen molar-refractivity contribution in [2.24, 2.45) is 0 Å². The number of nitrogens with one attached hydrogen (secondary N) is 2. The molecule has 1 fully saturated rings. The molecule has 1 atom stereocenters. The maximum atomic E-state index is 12.5. The van der Waals surface area contributed by atoms with Gasteiger partial charge >= 0.3 is 6.18 Å². The van der Waals surface area contributed by atoms with Crippen LogP contribution in [0.1, 0.15) is 35.2 Å². The van der Waals surface area contributed by atoms with Crippen molar-refractivity contribution in [1.29, 1.82) is 0 Å². The van der Waals surface area contributed by atoms with Crippen LogP contribution in [0, 0.1) is 0 Å². The molecule has 0 saturated carbocycles. The molecule has 1 aliphatic heterocycles. The lowest BCUT2D eigenvalue weighted by atomic mass is 10.1. The van der Waals surface area contributed by atoms with E-state index in [9.17, 15) is 18.0 Å². The lowest BCUT2D eigenvalue weighted by molar-refractivity contribution is -0.137. The van der Waals surface area contributed by atoms with Crippen LogP contribution in [0.25, 0.3) is 0 Å². The fourth-order valence-corrected chi connectivity index (χ4v) is 2.30. The highest BCUT2D eigenvalue weighted by molar-refractivity contribution is 5.94. The molecule has 0 aliphatic carbocycles. The van der Waals surface area contributed by atoms with Crippen molar-refractivity contribution < 1.29 is 18.0 Å². The summed E-state index contributed by atoms with van der Waals surface area (Å²) in [5.74, 6) is -0.464. The Morgan fingerprint density at radius 3 is 2.85 bits per heavy atom. The molecule has 1 heterocycles. The SMILES string of the molecule is O=C(NCC[C@@H]1CCCN1)c1cccc(C(F)(F)F)c1. The first kappa shape index (κ1) is 14.8. The first-order valence-corrected chi connectivity index (χ1v) is 6.65. The van der Waals surface area contributed by atoms with Crippen LogP contribution in [-0.4, -0.2) is 25.0 Å². The second-order valence-electron chi connectivity index (χ2n) is 4.92. The number of amides is 1. The first-order valence-electron chi connectivity index (χ1n) is 6.65. The summed E-state index contributed by atoms with van der Waals surface area (Å²) in [5, 5.41) is 5.96. The molecule has 0 aromatic heterocycles. The van der Waals surface area contributed by atoms with Gasteiger partial charge in [-0.15, -0.1) is 0 Å². The van der Waals surface area contributed by atoms with Crippen LogP contribution in [0.2, 0.25) is 0 Å². The number of hydrogen-bond acceptors (Lipinski definition) is 2. The summed E-state index contributed by atoms with van der Waals surface area (Å²) in [6.45, 7) is 1.46. The van der Waals surface area contributed by atoms with Crippen molar-refractivity contribution in [3.8, 4) is 0 Å². The molecule has 1 amide bonds. The molecule has 110 valence electrons. The minimum atomic E-state index is -4.43. The monoisotopic (exact) mass is 286 g/mol. The molecule has 0 unspecified atom stereocenters. The van der Waals surface area contributed by atoms with Gasteiger partial charge in [-0.25, -0.2) is 0 Å². The minimum absolute atomic E-state index is 0.0409. The van der Waals surface area contributed by atoms with Crippen LogP contribution in [0.4, 0.5) is 13.2 Å². The fourth-order valence-electron chi connectivity index (χ4n) is 2.30. The zero-order valence-electron chi connectivity index (χ0n) is 11.0. The van der Waals surface area contributed by atoms with Gasteiger partial charge in [0.1, 0.15) is 0 Å². The number of hydrogen-bond donors (Lipinski definition) is 2. The molecule has 0 radical (unpaired) electrons. The van der Waals surface area contributed by atoms with E-state index in [0.717, 1.165) is 37.9 Å². The summed E-state index contributed by atoms with van der Waals surface area (Å²) < 4.78 is 37.6. The Morgan fingerprint density at radius 1 is 1.40 bits per heavy atom. The van der Waals surface area contributed by atoms with Crippen LogP contribution in [0.15, 0.2) is 24.3 Å². The fraction of sp³-hybridized carbons (Fsp3) is 0.500. The number of halogens is 3. The van der Waals surface area contributed by atoms with Gasteiger partial charge in [0.15, 0.2) is 0 Å². The average molecular weight is 286 g/mol. The van der Waals surface area contributed by atoms with Crippen LogP contribution in [-0.2, 0) is 6.18 Å². The summed E-state index contributed by atoms with van der Waals surface area (Å²) in [6.07, 6.45) is -1.42. The summed E-state index contributed by atoms with van der Waals surface area (Å²) >= 11 is 0. The van der Waals surface area contributed by atoms with Gasteiger partial charge < -0.3 is 10.6 Å². The first-order chi connectivity index (χ1) is 9.47. The molecule has 2 rings (SSSR count). The summed E-state index contributed by atoms with van der Waals surface area (Å²) in [4.78, 5) is 11.8. The van der Waals surface area contributed by atoms with Crippen molar-refractivity contribution in [3.05, 3.63) is 35.4 Å². The maximum absolute atomic E-state index is 12.5. The van der Waals surface area contributed by atoms with E-state index in [1.54, 1.807) is 0 Å². The van der Waals surface area contributed by atoms with Crippen molar-refractivity contribution in [2.75, 3.05) is 13.1 Å². The highest BCUT2D eigenvalue weighted by atomic mass is 19.4. The molecular formula is C14H17F3N2O. The van der Waals surface area contributed by atoms with Crippen LogP contribution >= 0.6 is 0 Å². The molecule has 20 heavy (non-hydrogen) atoms. The standard InChI is InChI=1S/C14H17F3N2O/c15-14(16,17)11-4-1-3-10(9-11)13(20)19-8-6-12-5-2-7-18-12/h1,3-4,9,12,18H,2,5-8H2,(H,19,20)/t12-/m0/s1. The largest absolute Gasteiger partial charge is 0.416 e. The number of carbonyl (C=O) groups is 1. The van der Waals surface area contributed by atoms with E-state index in [4.69, 9.17) is 0 Å². The highest BCUT2D eigenvalue weighted by Crippen LogP contribution is 2.29. The molecule has 1 saturated heterocycles. The van der Waals surface area contributed by atoms with Crippen molar-refractivity contribution in [2.45, 2.75) is 31.5 Å². The quantitative estimate of drug-likeness (QED) is 0.893. The van der Waals surface area contributed by atoms with E-state index in [1.807, 2.05) is 0 Å². The van der Waals surface area contributed by atoms with Gasteiger partial charge in [-0.1, -0.05) is 6.07 Å². The Balaban J connectivity index is 1.88. The summed E-state index contributed by atoms with van der Waals surface area (Å²) in [7, 11) is 0. The molecule has 1 aliphatic rings. The smallest absolute Gasteiger partial charge is 0.352 e. The number of alkyl halides is 3. The van der Waals surface area contributed by atoms with E-state index in [-0.39, 0.29) is 5.56 Å². The molecule has 1 aromatic rings. The van der Waals surface area contributed by atoms with Gasteiger partial charge in [-0.3, -0.25) is 4.79 Å². The van der Waals surface area contributed by atoms with Crippen molar-refractivity contribution in [3.63, 3.8) is 0 Å². The third-order valence-electron chi connectivity index (χ3n) is 3.39. The number of carbonyl (C=O) groups excluding carboxylic acids is 1.